The third kappa shape index (κ3) is 2.49. The zero-order valence-electron chi connectivity index (χ0n) is 14.2. The second-order valence-electron chi connectivity index (χ2n) is 6.19. The molecule has 0 saturated carbocycles. The molecule has 0 fully saturated rings. The number of aryl methyl sites for hydroxylation is 1. The van der Waals surface area contributed by atoms with Crippen LogP contribution in [0, 0.1) is 11.3 Å². The van der Waals surface area contributed by atoms with Crippen LogP contribution in [-0.2, 0) is 7.05 Å². The Morgan fingerprint density at radius 2 is 1.93 bits per heavy atom. The van der Waals surface area contributed by atoms with Gasteiger partial charge in [0.2, 0.25) is 5.88 Å². The minimum atomic E-state index is -0.770. The van der Waals surface area contributed by atoms with Crippen LogP contribution in [0.4, 0.5) is 0 Å². The van der Waals surface area contributed by atoms with Crippen LogP contribution in [-0.4, -0.2) is 4.57 Å². The van der Waals surface area contributed by atoms with Crippen molar-refractivity contribution in [2.45, 2.75) is 5.92 Å². The molecule has 3 aromatic rings. The monoisotopic (exact) mass is 397 g/mol. The van der Waals surface area contributed by atoms with Gasteiger partial charge in [-0.3, -0.25) is 4.79 Å². The summed E-state index contributed by atoms with van der Waals surface area (Å²) in [5, 5.41) is 11.0. The molecule has 7 heteroatoms. The smallest absolute Gasteiger partial charge is 0.258 e. The fourth-order valence-corrected chi connectivity index (χ4v) is 3.90. The number of pyridine rings is 1. The highest BCUT2D eigenvalue weighted by Gasteiger charge is 2.36. The van der Waals surface area contributed by atoms with Crippen molar-refractivity contribution >= 4 is 34.1 Å². The van der Waals surface area contributed by atoms with E-state index >= 15 is 0 Å². The van der Waals surface area contributed by atoms with Crippen molar-refractivity contribution in [1.29, 1.82) is 5.26 Å². The maximum Gasteiger partial charge on any atom is 0.258 e. The molecule has 1 aliphatic rings. The zero-order chi connectivity index (χ0) is 19.3. The quantitative estimate of drug-likeness (QED) is 0.670. The molecular formula is C20H13Cl2N3O2. The third-order valence-electron chi connectivity index (χ3n) is 4.76. The van der Waals surface area contributed by atoms with E-state index in [9.17, 15) is 10.1 Å². The van der Waals surface area contributed by atoms with Crippen LogP contribution in [0.25, 0.3) is 10.9 Å². The molecule has 2 N–H and O–H groups in total. The second kappa shape index (κ2) is 6.34. The summed E-state index contributed by atoms with van der Waals surface area (Å²) in [4.78, 5) is 13.2. The average molecular weight is 398 g/mol. The normalized spacial score (nSPS) is 16.0. The molecule has 1 aromatic heterocycles. The summed E-state index contributed by atoms with van der Waals surface area (Å²) in [7, 11) is 1.68. The maximum absolute atomic E-state index is 13.2. The number of nitriles is 1. The summed E-state index contributed by atoms with van der Waals surface area (Å²) >= 11 is 12.6. The minimum absolute atomic E-state index is 0.0514. The molecule has 0 aliphatic carbocycles. The molecule has 2 heterocycles. The number of para-hydroxylation sites is 1. The number of nitrogens with two attached hydrogens (primary N) is 1. The van der Waals surface area contributed by atoms with Crippen LogP contribution in [0.2, 0.25) is 10.0 Å². The average Bonchev–Trinajstić information content (AvgIpc) is 2.67. The number of fused-ring (bicyclic) bond motifs is 3. The molecule has 2 aromatic carbocycles. The second-order valence-corrected chi connectivity index (χ2v) is 6.98. The van der Waals surface area contributed by atoms with Gasteiger partial charge in [0.05, 0.1) is 27.0 Å². The summed E-state index contributed by atoms with van der Waals surface area (Å²) in [5.41, 5.74) is 7.43. The highest BCUT2D eigenvalue weighted by Crippen LogP contribution is 2.46. The summed E-state index contributed by atoms with van der Waals surface area (Å²) in [6.45, 7) is 0. The molecule has 1 aliphatic heterocycles. The zero-order valence-corrected chi connectivity index (χ0v) is 15.7. The molecular weight excluding hydrogens is 385 g/mol. The van der Waals surface area contributed by atoms with E-state index in [2.05, 4.69) is 6.07 Å². The molecule has 4 rings (SSSR count). The Morgan fingerprint density at radius 3 is 2.67 bits per heavy atom. The van der Waals surface area contributed by atoms with E-state index in [1.165, 1.54) is 4.57 Å². The molecule has 0 radical (unpaired) electrons. The number of nitrogens with zero attached hydrogens (tertiary/aromatic N) is 2. The molecule has 27 heavy (non-hydrogen) atoms. The highest BCUT2D eigenvalue weighted by molar-refractivity contribution is 6.42. The Labute approximate surface area is 164 Å². The lowest BCUT2D eigenvalue weighted by Gasteiger charge is -2.28. The lowest BCUT2D eigenvalue weighted by atomic mass is 9.83. The van der Waals surface area contributed by atoms with Gasteiger partial charge < -0.3 is 15.0 Å². The first-order valence-electron chi connectivity index (χ1n) is 8.08. The van der Waals surface area contributed by atoms with Gasteiger partial charge in [-0.25, -0.2) is 0 Å². The minimum Gasteiger partial charge on any atom is -0.439 e. The van der Waals surface area contributed by atoms with Crippen molar-refractivity contribution in [2.24, 2.45) is 12.8 Å². The number of hydrogen-bond acceptors (Lipinski definition) is 4. The fraction of sp³-hybridized carbons (Fsp3) is 0.100. The molecule has 134 valence electrons. The Hall–Kier alpha value is -2.94. The number of halogens is 2. The Balaban J connectivity index is 2.17. The highest BCUT2D eigenvalue weighted by atomic mass is 35.5. The van der Waals surface area contributed by atoms with Gasteiger partial charge in [0.1, 0.15) is 17.4 Å². The first kappa shape index (κ1) is 17.5. The van der Waals surface area contributed by atoms with Crippen LogP contribution < -0.4 is 16.0 Å². The molecule has 1 atom stereocenters. The molecule has 0 bridgehead atoms. The van der Waals surface area contributed by atoms with Gasteiger partial charge in [0.15, 0.2) is 0 Å². The van der Waals surface area contributed by atoms with Crippen LogP contribution >= 0.6 is 23.2 Å². The van der Waals surface area contributed by atoms with E-state index in [0.717, 1.165) is 5.39 Å². The summed E-state index contributed by atoms with van der Waals surface area (Å²) in [6, 6.07) is 14.5. The van der Waals surface area contributed by atoms with Crippen molar-refractivity contribution in [3.8, 4) is 11.8 Å². The van der Waals surface area contributed by atoms with Crippen LogP contribution in [0.15, 0.2) is 58.7 Å². The largest absolute Gasteiger partial charge is 0.439 e. The van der Waals surface area contributed by atoms with Gasteiger partial charge in [-0.1, -0.05) is 47.5 Å². The van der Waals surface area contributed by atoms with E-state index in [4.69, 9.17) is 33.7 Å². The van der Waals surface area contributed by atoms with E-state index in [1.54, 1.807) is 25.2 Å². The van der Waals surface area contributed by atoms with Gasteiger partial charge in [0, 0.05) is 12.4 Å². The standard InChI is InChI=1S/C20H13Cl2N3O2/c1-25-14-8-3-2-5-10(14)18-16(20(25)26)15(12(9-23)19(24)27-18)11-6-4-7-13(21)17(11)22/h2-8,15H,24H2,1H3. The summed E-state index contributed by atoms with van der Waals surface area (Å²) in [6.07, 6.45) is 0. The number of ether oxygens (including phenoxy) is 1. The van der Waals surface area contributed by atoms with Crippen molar-refractivity contribution in [2.75, 3.05) is 0 Å². The summed E-state index contributed by atoms with van der Waals surface area (Å²) < 4.78 is 7.28. The van der Waals surface area contributed by atoms with Crippen molar-refractivity contribution in [3.63, 3.8) is 0 Å². The Morgan fingerprint density at radius 1 is 1.19 bits per heavy atom. The van der Waals surface area contributed by atoms with Crippen LogP contribution in [0.5, 0.6) is 5.75 Å². The van der Waals surface area contributed by atoms with Crippen LogP contribution in [0.1, 0.15) is 17.0 Å². The number of allylic oxidation sites excluding steroid dienone is 1. The van der Waals surface area contributed by atoms with E-state index in [-0.39, 0.29) is 22.0 Å². The SMILES string of the molecule is Cn1c(=O)c2c(c3ccccc31)OC(N)=C(C#N)C2c1cccc(Cl)c1Cl. The van der Waals surface area contributed by atoms with Gasteiger partial charge in [-0.15, -0.1) is 0 Å². The van der Waals surface area contributed by atoms with Crippen molar-refractivity contribution in [3.05, 3.63) is 85.4 Å². The van der Waals surface area contributed by atoms with Crippen LogP contribution in [0.3, 0.4) is 0 Å². The maximum atomic E-state index is 13.2. The number of benzene rings is 2. The Bertz CT molecular complexity index is 1240. The van der Waals surface area contributed by atoms with E-state index < -0.39 is 5.92 Å². The third-order valence-corrected chi connectivity index (χ3v) is 5.59. The molecule has 0 amide bonds. The van der Waals surface area contributed by atoms with E-state index in [1.807, 2.05) is 24.3 Å². The van der Waals surface area contributed by atoms with Gasteiger partial charge >= 0.3 is 0 Å². The molecule has 0 spiro atoms. The van der Waals surface area contributed by atoms with Crippen molar-refractivity contribution in [1.82, 2.24) is 4.57 Å². The lowest BCUT2D eigenvalue weighted by Crippen LogP contribution is -2.31. The van der Waals surface area contributed by atoms with Gasteiger partial charge in [-0.05, 0) is 23.8 Å². The molecule has 5 nitrogen and oxygen atoms in total. The number of rotatable bonds is 1. The fourth-order valence-electron chi connectivity index (χ4n) is 3.48. The first-order valence-corrected chi connectivity index (χ1v) is 8.84. The predicted molar refractivity (Wildman–Crippen MR) is 105 cm³/mol. The van der Waals surface area contributed by atoms with Crippen molar-refractivity contribution < 1.29 is 4.74 Å². The topological polar surface area (TPSA) is 81.0 Å². The number of hydrogen-bond donors (Lipinski definition) is 1. The molecule has 1 unspecified atom stereocenters. The van der Waals surface area contributed by atoms with Gasteiger partial charge in [0.25, 0.3) is 5.56 Å². The van der Waals surface area contributed by atoms with Gasteiger partial charge in [-0.2, -0.15) is 5.26 Å². The van der Waals surface area contributed by atoms with E-state index in [0.29, 0.717) is 27.4 Å². The Kier molecular flexibility index (Phi) is 4.11. The first-order chi connectivity index (χ1) is 13.0. The lowest BCUT2D eigenvalue weighted by molar-refractivity contribution is 0.396. The number of aromatic nitrogens is 1. The molecule has 0 saturated heterocycles. The predicted octanol–water partition coefficient (Wildman–Crippen LogP) is 4.06. The summed E-state index contributed by atoms with van der Waals surface area (Å²) in [5.74, 6) is -0.482.